The Hall–Kier alpha value is -2.81. The van der Waals surface area contributed by atoms with Gasteiger partial charge in [0.15, 0.2) is 0 Å². The van der Waals surface area contributed by atoms with Gasteiger partial charge in [-0.15, -0.1) is 0 Å². The summed E-state index contributed by atoms with van der Waals surface area (Å²) >= 11 is 8.05. The van der Waals surface area contributed by atoms with Crippen LogP contribution in [0.3, 0.4) is 0 Å². The van der Waals surface area contributed by atoms with Gasteiger partial charge in [-0.3, -0.25) is 14.4 Å². The first-order chi connectivity index (χ1) is 18.4. The number of carbonyl (C=O) groups is 3. The molecule has 6 nitrogen and oxygen atoms in total. The van der Waals surface area contributed by atoms with Crippen LogP contribution in [0.5, 0.6) is 0 Å². The van der Waals surface area contributed by atoms with Gasteiger partial charge in [-0.25, -0.2) is 4.90 Å². The second kappa shape index (κ2) is 8.60. The van der Waals surface area contributed by atoms with Gasteiger partial charge < -0.3 is 10.1 Å². The Labute approximate surface area is 237 Å². The number of para-hydroxylation sites is 1. The average molecular weight is 636 g/mol. The molecule has 3 aromatic carbocycles. The average Bonchev–Trinajstić information content (AvgIpc) is 3.56. The second-order valence-electron chi connectivity index (χ2n) is 10.3. The van der Waals surface area contributed by atoms with Crippen LogP contribution in [0.1, 0.15) is 45.5 Å². The smallest absolute Gasteiger partial charge is 0.253 e. The van der Waals surface area contributed by atoms with Gasteiger partial charge in [0.05, 0.1) is 37.8 Å². The highest BCUT2D eigenvalue weighted by Gasteiger charge is 2.72. The van der Waals surface area contributed by atoms with E-state index < -0.39 is 20.5 Å². The maximum Gasteiger partial charge on any atom is 0.253 e. The zero-order valence-corrected chi connectivity index (χ0v) is 23.5. The van der Waals surface area contributed by atoms with Crippen molar-refractivity contribution >= 4 is 55.3 Å². The summed E-state index contributed by atoms with van der Waals surface area (Å²) in [4.78, 5) is 43.2. The molecule has 3 amide bonds. The summed E-state index contributed by atoms with van der Waals surface area (Å²) in [6.45, 7) is 1.09. The van der Waals surface area contributed by atoms with Gasteiger partial charge in [0.25, 0.3) is 5.91 Å². The van der Waals surface area contributed by atoms with Crippen molar-refractivity contribution in [1.82, 2.24) is 5.32 Å². The van der Waals surface area contributed by atoms with Crippen LogP contribution in [0.25, 0.3) is 0 Å². The van der Waals surface area contributed by atoms with Crippen molar-refractivity contribution in [2.24, 2.45) is 11.8 Å². The third-order valence-corrected chi connectivity index (χ3v) is 11.2. The molecule has 3 aliphatic carbocycles. The van der Waals surface area contributed by atoms with Crippen LogP contribution in [0.15, 0.2) is 72.8 Å². The minimum absolute atomic E-state index is 0.0156. The standard InChI is InChI=1S/C30H24Br2N2O4/c31-29-19-10-2-3-11-20(19)30(32,22-13-5-4-12-21(22)29)25-24(29)27(36)34(28(25)37)23-14-6-1-9-18(23)26(35)33-16-17-8-7-15-38-17/h1-6,9-14,17,24-25H,7-8,15-16H2,(H,33,35)/t17-,24-,25-,29?,30?/m0/s1. The van der Waals surface area contributed by atoms with Crippen LogP contribution in [-0.2, 0) is 23.0 Å². The molecule has 8 heteroatoms. The Kier molecular flexibility index (Phi) is 5.49. The topological polar surface area (TPSA) is 75.7 Å². The predicted octanol–water partition coefficient (Wildman–Crippen LogP) is 5.01. The molecule has 2 fully saturated rings. The number of hydrogen-bond acceptors (Lipinski definition) is 4. The first kappa shape index (κ1) is 24.2. The minimum Gasteiger partial charge on any atom is -0.376 e. The minimum atomic E-state index is -0.876. The molecule has 192 valence electrons. The fraction of sp³-hybridized carbons (Fsp3) is 0.300. The fourth-order valence-electron chi connectivity index (χ4n) is 6.87. The fourth-order valence-corrected chi connectivity index (χ4v) is 9.18. The predicted molar refractivity (Wildman–Crippen MR) is 150 cm³/mol. The molecule has 0 unspecified atom stereocenters. The van der Waals surface area contributed by atoms with Gasteiger partial charge in [-0.1, -0.05) is 92.5 Å². The highest BCUT2D eigenvalue weighted by Crippen LogP contribution is 2.70. The Bertz CT molecular complexity index is 1390. The molecule has 3 aromatic rings. The summed E-state index contributed by atoms with van der Waals surface area (Å²) in [7, 11) is 0. The molecule has 0 saturated carbocycles. The van der Waals surface area contributed by atoms with Crippen molar-refractivity contribution in [3.05, 3.63) is 101 Å². The number of nitrogens with zero attached hydrogens (tertiary/aromatic N) is 1. The molecule has 2 heterocycles. The van der Waals surface area contributed by atoms with Crippen LogP contribution < -0.4 is 10.2 Å². The van der Waals surface area contributed by atoms with Crippen molar-refractivity contribution < 1.29 is 19.1 Å². The Balaban J connectivity index is 1.34. The van der Waals surface area contributed by atoms with E-state index in [1.165, 1.54) is 4.90 Å². The first-order valence-electron chi connectivity index (χ1n) is 12.8. The third kappa shape index (κ3) is 3.05. The van der Waals surface area contributed by atoms with E-state index in [1.54, 1.807) is 24.3 Å². The number of carbonyl (C=O) groups excluding carboxylic acids is 3. The highest BCUT2D eigenvalue weighted by atomic mass is 79.9. The van der Waals surface area contributed by atoms with Gasteiger partial charge >= 0.3 is 0 Å². The molecule has 5 aliphatic rings. The van der Waals surface area contributed by atoms with E-state index in [9.17, 15) is 14.4 Å². The molecule has 2 aliphatic heterocycles. The molecule has 38 heavy (non-hydrogen) atoms. The number of halogens is 2. The number of hydrogen-bond donors (Lipinski definition) is 1. The number of ether oxygens (including phenoxy) is 1. The summed E-state index contributed by atoms with van der Waals surface area (Å²) in [6.07, 6.45) is 1.86. The zero-order chi connectivity index (χ0) is 26.2. The largest absolute Gasteiger partial charge is 0.376 e. The first-order valence-corrected chi connectivity index (χ1v) is 14.4. The Morgan fingerprint density at radius 3 is 1.84 bits per heavy atom. The molecule has 2 saturated heterocycles. The second-order valence-corrected chi connectivity index (χ2v) is 12.8. The summed E-state index contributed by atoms with van der Waals surface area (Å²) in [5.41, 5.74) is 4.50. The van der Waals surface area contributed by atoms with Crippen LogP contribution in [-0.4, -0.2) is 37.0 Å². The lowest BCUT2D eigenvalue weighted by Crippen LogP contribution is -2.56. The highest BCUT2D eigenvalue weighted by molar-refractivity contribution is 9.10. The van der Waals surface area contributed by atoms with Gasteiger partial charge in [0, 0.05) is 13.2 Å². The number of anilines is 1. The lowest BCUT2D eigenvalue weighted by molar-refractivity contribution is -0.122. The van der Waals surface area contributed by atoms with E-state index in [1.807, 2.05) is 48.5 Å². The van der Waals surface area contributed by atoms with Crippen molar-refractivity contribution in [2.45, 2.75) is 27.6 Å². The molecule has 0 spiro atoms. The van der Waals surface area contributed by atoms with E-state index in [2.05, 4.69) is 37.2 Å². The van der Waals surface area contributed by atoms with Gasteiger partial charge in [-0.2, -0.15) is 0 Å². The van der Waals surface area contributed by atoms with Gasteiger partial charge in [0.2, 0.25) is 11.8 Å². The van der Waals surface area contributed by atoms with E-state index in [0.29, 0.717) is 24.4 Å². The zero-order valence-electron chi connectivity index (χ0n) is 20.3. The normalized spacial score (nSPS) is 30.7. The van der Waals surface area contributed by atoms with Crippen molar-refractivity contribution in [2.75, 3.05) is 18.1 Å². The molecule has 8 rings (SSSR count). The van der Waals surface area contributed by atoms with E-state index in [4.69, 9.17) is 4.74 Å². The van der Waals surface area contributed by atoms with Gasteiger partial charge in [0.1, 0.15) is 0 Å². The molecule has 0 aromatic heterocycles. The van der Waals surface area contributed by atoms with Crippen LogP contribution >= 0.6 is 31.9 Å². The number of benzene rings is 3. The van der Waals surface area contributed by atoms with Crippen molar-refractivity contribution in [3.8, 4) is 0 Å². The number of alkyl halides is 2. The number of amides is 3. The Morgan fingerprint density at radius 2 is 1.34 bits per heavy atom. The van der Waals surface area contributed by atoms with E-state index >= 15 is 0 Å². The monoisotopic (exact) mass is 634 g/mol. The molecular weight excluding hydrogens is 612 g/mol. The molecular formula is C30H24Br2N2O4. The van der Waals surface area contributed by atoms with Gasteiger partial charge in [-0.05, 0) is 47.2 Å². The molecule has 2 bridgehead atoms. The number of rotatable bonds is 4. The summed E-state index contributed by atoms with van der Waals surface area (Å²) in [5, 5.41) is 2.94. The quantitative estimate of drug-likeness (QED) is 0.323. The molecule has 3 atom stereocenters. The van der Waals surface area contributed by atoms with E-state index in [0.717, 1.165) is 35.1 Å². The number of imide groups is 1. The van der Waals surface area contributed by atoms with Crippen molar-refractivity contribution in [3.63, 3.8) is 0 Å². The lowest BCUT2D eigenvalue weighted by atomic mass is 9.54. The maximum atomic E-state index is 14.4. The summed E-state index contributed by atoms with van der Waals surface area (Å²) in [5.74, 6) is -2.35. The maximum absolute atomic E-state index is 14.4. The third-order valence-electron chi connectivity index (χ3n) is 8.49. The van der Waals surface area contributed by atoms with Crippen LogP contribution in [0.2, 0.25) is 0 Å². The number of nitrogens with one attached hydrogen (secondary N) is 1. The SMILES string of the molecule is O=C(NC[C@@H]1CCCO1)c1ccccc1N1C(=O)[C@@H]2[C@@H](C1=O)C1(Br)c3ccccc3C2(Br)c2ccccc21. The van der Waals surface area contributed by atoms with Crippen LogP contribution in [0, 0.1) is 11.8 Å². The summed E-state index contributed by atoms with van der Waals surface area (Å²) < 4.78 is 3.89. The molecule has 0 radical (unpaired) electrons. The van der Waals surface area contributed by atoms with Crippen LogP contribution in [0.4, 0.5) is 5.69 Å². The van der Waals surface area contributed by atoms with E-state index in [-0.39, 0.29) is 23.8 Å². The van der Waals surface area contributed by atoms with Crippen molar-refractivity contribution in [1.29, 1.82) is 0 Å². The molecule has 1 N–H and O–H groups in total. The lowest BCUT2D eigenvalue weighted by Gasteiger charge is -2.55. The Morgan fingerprint density at radius 1 is 0.842 bits per heavy atom. The summed E-state index contributed by atoms with van der Waals surface area (Å²) in [6, 6.07) is 22.8.